The van der Waals surface area contributed by atoms with E-state index in [1.54, 1.807) is 0 Å². The number of nitrogens with zero attached hydrogens (tertiary/aromatic N) is 1. The lowest BCUT2D eigenvalue weighted by Crippen LogP contribution is -2.57. The van der Waals surface area contributed by atoms with E-state index >= 15 is 0 Å². The van der Waals surface area contributed by atoms with E-state index in [0.29, 0.717) is 25.9 Å². The summed E-state index contributed by atoms with van der Waals surface area (Å²) >= 11 is 0. The quantitative estimate of drug-likeness (QED) is 0.626. The van der Waals surface area contributed by atoms with Gasteiger partial charge in [-0.2, -0.15) is 0 Å². The van der Waals surface area contributed by atoms with Crippen LogP contribution in [0.5, 0.6) is 0 Å². The Morgan fingerprint density at radius 3 is 2.15 bits per heavy atom. The van der Waals surface area contributed by atoms with E-state index in [9.17, 15) is 13.2 Å². The molecule has 1 atom stereocenters. The zero-order valence-electron chi connectivity index (χ0n) is 7.01. The Hall–Kier alpha value is -0.620. The lowest BCUT2D eigenvalue weighted by molar-refractivity contribution is -0.138. The molecule has 0 aromatic heterocycles. The number of carbonyl (C=O) groups is 1. The number of aliphatic carboxylic acids is 1. The first-order valence-corrected chi connectivity index (χ1v) is 5.75. The van der Waals surface area contributed by atoms with E-state index in [4.69, 9.17) is 5.11 Å². The maximum absolute atomic E-state index is 11.6. The predicted octanol–water partition coefficient (Wildman–Crippen LogP) is -0.505. The molecule has 0 unspecified atom stereocenters. The first-order chi connectivity index (χ1) is 6.03. The molecule has 3 rings (SSSR count). The van der Waals surface area contributed by atoms with Crippen LogP contribution in [0.2, 0.25) is 0 Å². The molecule has 3 heterocycles. The number of fused-ring (bicyclic) bond motifs is 3. The maximum Gasteiger partial charge on any atom is 0.323 e. The van der Waals surface area contributed by atoms with Crippen molar-refractivity contribution in [1.82, 2.24) is 4.31 Å². The highest BCUT2D eigenvalue weighted by Crippen LogP contribution is 2.34. The van der Waals surface area contributed by atoms with Crippen molar-refractivity contribution < 1.29 is 18.3 Å². The summed E-state index contributed by atoms with van der Waals surface area (Å²) in [7, 11) is -3.53. The van der Waals surface area contributed by atoms with Crippen LogP contribution < -0.4 is 0 Å². The summed E-state index contributed by atoms with van der Waals surface area (Å²) in [6, 6.07) is 0. The predicted molar refractivity (Wildman–Crippen MR) is 44.6 cm³/mol. The minimum Gasteiger partial charge on any atom is -0.480 e. The Morgan fingerprint density at radius 1 is 1.31 bits per heavy atom. The molecule has 0 amide bonds. The molecule has 0 aromatic carbocycles. The first kappa shape index (κ1) is 8.96. The van der Waals surface area contributed by atoms with Crippen LogP contribution in [0.1, 0.15) is 12.8 Å². The summed E-state index contributed by atoms with van der Waals surface area (Å²) in [5.74, 6) is -1.37. The normalized spacial score (nSPS) is 41.7. The van der Waals surface area contributed by atoms with Crippen LogP contribution >= 0.6 is 0 Å². The highest BCUT2D eigenvalue weighted by Gasteiger charge is 2.50. The minimum atomic E-state index is -3.53. The first-order valence-electron chi connectivity index (χ1n) is 4.25. The zero-order chi connectivity index (χ0) is 9.64. The average Bonchev–Trinajstić information content (AvgIpc) is 2.03. The van der Waals surface area contributed by atoms with Gasteiger partial charge in [-0.05, 0) is 18.8 Å². The van der Waals surface area contributed by atoms with Crippen molar-refractivity contribution in [2.75, 3.05) is 13.1 Å². The minimum absolute atomic E-state index is 0.174. The molecule has 0 aliphatic carbocycles. The van der Waals surface area contributed by atoms with Crippen LogP contribution in [0.15, 0.2) is 0 Å². The van der Waals surface area contributed by atoms with E-state index in [1.165, 1.54) is 4.31 Å². The molecule has 2 bridgehead atoms. The number of carboxylic acid groups (broad SMARTS) is 1. The van der Waals surface area contributed by atoms with Crippen LogP contribution in [0, 0.1) is 5.92 Å². The fraction of sp³-hybridized carbons (Fsp3) is 0.857. The molecular weight excluding hydrogens is 194 g/mol. The SMILES string of the molecule is O=C(O)[C@H]1C2CCN(CC2)S1(=O)=O. The summed E-state index contributed by atoms with van der Waals surface area (Å²) in [4.78, 5) is 10.8. The van der Waals surface area contributed by atoms with Gasteiger partial charge in [0.25, 0.3) is 0 Å². The molecule has 3 fully saturated rings. The Bertz CT molecular complexity index is 328. The number of sulfonamides is 1. The summed E-state index contributed by atoms with van der Waals surface area (Å²) in [6.45, 7) is 0.994. The van der Waals surface area contributed by atoms with Crippen molar-refractivity contribution in [3.63, 3.8) is 0 Å². The molecule has 74 valence electrons. The molecular formula is C7H11NO4S. The third kappa shape index (κ3) is 1.16. The van der Waals surface area contributed by atoms with Gasteiger partial charge in [0.1, 0.15) is 0 Å². The molecule has 3 aliphatic rings. The van der Waals surface area contributed by atoms with Gasteiger partial charge in [0.15, 0.2) is 5.25 Å². The Morgan fingerprint density at radius 2 is 1.85 bits per heavy atom. The van der Waals surface area contributed by atoms with Crippen LogP contribution in [0.25, 0.3) is 0 Å². The second-order valence-electron chi connectivity index (χ2n) is 3.54. The lowest BCUT2D eigenvalue weighted by Gasteiger charge is -2.41. The number of rotatable bonds is 1. The topological polar surface area (TPSA) is 74.7 Å². The highest BCUT2D eigenvalue weighted by molar-refractivity contribution is 7.90. The van der Waals surface area contributed by atoms with Crippen LogP contribution in [0.4, 0.5) is 0 Å². The van der Waals surface area contributed by atoms with Crippen molar-refractivity contribution in [3.05, 3.63) is 0 Å². The molecule has 3 aliphatic heterocycles. The number of hydrogen-bond acceptors (Lipinski definition) is 3. The fourth-order valence-electron chi connectivity index (χ4n) is 2.17. The number of piperidine rings is 1. The van der Waals surface area contributed by atoms with Crippen molar-refractivity contribution >= 4 is 16.0 Å². The highest BCUT2D eigenvalue weighted by atomic mass is 32.2. The van der Waals surface area contributed by atoms with E-state index in [0.717, 1.165) is 0 Å². The molecule has 1 N–H and O–H groups in total. The third-order valence-electron chi connectivity index (χ3n) is 2.85. The van der Waals surface area contributed by atoms with Gasteiger partial charge in [-0.3, -0.25) is 4.79 Å². The van der Waals surface area contributed by atoms with Gasteiger partial charge in [0.2, 0.25) is 10.0 Å². The fourth-order valence-corrected chi connectivity index (χ4v) is 4.22. The van der Waals surface area contributed by atoms with Crippen molar-refractivity contribution in [2.45, 2.75) is 18.1 Å². The van der Waals surface area contributed by atoms with E-state index < -0.39 is 21.2 Å². The van der Waals surface area contributed by atoms with E-state index in [-0.39, 0.29) is 5.92 Å². The van der Waals surface area contributed by atoms with E-state index in [2.05, 4.69) is 0 Å². The summed E-state index contributed by atoms with van der Waals surface area (Å²) in [6.07, 6.45) is 1.38. The largest absolute Gasteiger partial charge is 0.480 e. The Balaban J connectivity index is 2.41. The van der Waals surface area contributed by atoms with Gasteiger partial charge in [-0.25, -0.2) is 12.7 Å². The van der Waals surface area contributed by atoms with Crippen molar-refractivity contribution in [1.29, 1.82) is 0 Å². The summed E-state index contributed by atoms with van der Waals surface area (Å²) in [5, 5.41) is 7.60. The van der Waals surface area contributed by atoms with Crippen LogP contribution in [-0.2, 0) is 14.8 Å². The van der Waals surface area contributed by atoms with Crippen molar-refractivity contribution in [2.24, 2.45) is 5.92 Å². The molecule has 3 saturated heterocycles. The molecule has 0 radical (unpaired) electrons. The maximum atomic E-state index is 11.6. The van der Waals surface area contributed by atoms with Gasteiger partial charge >= 0.3 is 5.97 Å². The van der Waals surface area contributed by atoms with Crippen LogP contribution in [0.3, 0.4) is 0 Å². The molecule has 6 heteroatoms. The molecule has 5 nitrogen and oxygen atoms in total. The second kappa shape index (κ2) is 2.68. The smallest absolute Gasteiger partial charge is 0.323 e. The van der Waals surface area contributed by atoms with Gasteiger partial charge in [-0.15, -0.1) is 0 Å². The lowest BCUT2D eigenvalue weighted by atomic mass is 9.94. The molecule has 0 aromatic rings. The summed E-state index contributed by atoms with van der Waals surface area (Å²) < 4.78 is 24.4. The van der Waals surface area contributed by atoms with E-state index in [1.807, 2.05) is 0 Å². The van der Waals surface area contributed by atoms with Gasteiger partial charge in [0.05, 0.1) is 0 Å². The monoisotopic (exact) mass is 205 g/mol. The Kier molecular flexibility index (Phi) is 1.85. The molecule has 0 spiro atoms. The Labute approximate surface area is 76.4 Å². The zero-order valence-corrected chi connectivity index (χ0v) is 7.83. The third-order valence-corrected chi connectivity index (χ3v) is 5.16. The average molecular weight is 205 g/mol. The van der Waals surface area contributed by atoms with Gasteiger partial charge in [0, 0.05) is 13.1 Å². The number of hydrogen-bond donors (Lipinski definition) is 1. The van der Waals surface area contributed by atoms with Gasteiger partial charge in [-0.1, -0.05) is 0 Å². The second-order valence-corrected chi connectivity index (χ2v) is 5.59. The molecule has 0 saturated carbocycles. The van der Waals surface area contributed by atoms with Gasteiger partial charge < -0.3 is 5.11 Å². The van der Waals surface area contributed by atoms with Crippen molar-refractivity contribution in [3.8, 4) is 0 Å². The van der Waals surface area contributed by atoms with Crippen LogP contribution in [-0.4, -0.2) is 42.1 Å². The number of carboxylic acids is 1. The standard InChI is InChI=1S/C7H11NO4S/c9-7(10)6-5-1-3-8(4-2-5)13(6,11)12/h5-6H,1-4H2,(H,9,10)/t6-/m1/s1. The summed E-state index contributed by atoms with van der Waals surface area (Å²) in [5.41, 5.74) is 0. The molecule has 13 heavy (non-hydrogen) atoms.